The first-order valence-electron chi connectivity index (χ1n) is 34.2. The first kappa shape index (κ1) is 86.4. The topological polar surface area (TPSA) is 264 Å². The molecule has 3 aliphatic rings. The Bertz CT molecular complexity index is 4330. The lowest BCUT2D eigenvalue weighted by Gasteiger charge is -2.27. The number of allylic oxidation sites excluding steroid dienone is 8. The molecular formula is C78H101ClF3N5O15S2. The van der Waals surface area contributed by atoms with Crippen molar-refractivity contribution in [3.63, 3.8) is 0 Å². The second kappa shape index (κ2) is 36.7. The van der Waals surface area contributed by atoms with Crippen molar-refractivity contribution in [2.24, 2.45) is 16.2 Å². The molecule has 5 aromatic carbocycles. The van der Waals surface area contributed by atoms with E-state index in [4.69, 9.17) is 40.4 Å². The number of nitrogens with one attached hydrogen (secondary N) is 2. The van der Waals surface area contributed by atoms with Crippen LogP contribution >= 0.6 is 11.6 Å². The largest absolute Gasteiger partial charge is 0.481 e. The third-order valence-electron chi connectivity index (χ3n) is 18.5. The number of methoxy groups -OCH3 is 2. The molecule has 26 heteroatoms. The molecule has 0 saturated heterocycles. The molecule has 104 heavy (non-hydrogen) atoms. The van der Waals surface area contributed by atoms with Gasteiger partial charge in [-0.1, -0.05) is 128 Å². The van der Waals surface area contributed by atoms with Gasteiger partial charge in [-0.15, -0.1) is 11.6 Å². The van der Waals surface area contributed by atoms with Gasteiger partial charge in [0.1, 0.15) is 36.5 Å². The van der Waals surface area contributed by atoms with Gasteiger partial charge in [0.25, 0.3) is 0 Å². The van der Waals surface area contributed by atoms with E-state index in [0.29, 0.717) is 38.0 Å². The summed E-state index contributed by atoms with van der Waals surface area (Å²) in [6.45, 7) is 33.4. The summed E-state index contributed by atoms with van der Waals surface area (Å²) in [5.74, 6) is -1.90. The number of anilines is 2. The van der Waals surface area contributed by atoms with Crippen molar-refractivity contribution < 1.29 is 87.3 Å². The summed E-state index contributed by atoms with van der Waals surface area (Å²) in [6.07, 6.45) is 14.5. The smallest absolute Gasteiger partial charge is 0.480 e. The van der Waals surface area contributed by atoms with Gasteiger partial charge in [0.05, 0.1) is 29.4 Å². The Morgan fingerprint density at radius 1 is 0.702 bits per heavy atom. The number of fused-ring (bicyclic) bond motifs is 6. The Morgan fingerprint density at radius 3 is 1.82 bits per heavy atom. The summed E-state index contributed by atoms with van der Waals surface area (Å²) in [4.78, 5) is 57.9. The van der Waals surface area contributed by atoms with Gasteiger partial charge in [-0.3, -0.25) is 14.4 Å². The van der Waals surface area contributed by atoms with Crippen molar-refractivity contribution in [3.05, 3.63) is 172 Å². The molecular weight excluding hydrogens is 1400 g/mol. The molecule has 2 amide bonds. The van der Waals surface area contributed by atoms with Crippen molar-refractivity contribution in [1.82, 2.24) is 5.32 Å². The molecule has 0 aromatic heterocycles. The van der Waals surface area contributed by atoms with Crippen LogP contribution in [0.2, 0.25) is 0 Å². The highest BCUT2D eigenvalue weighted by Crippen LogP contribution is 2.51. The van der Waals surface area contributed by atoms with E-state index in [1.807, 2.05) is 18.0 Å². The molecule has 20 nitrogen and oxygen atoms in total. The van der Waals surface area contributed by atoms with Crippen LogP contribution < -0.4 is 15.5 Å². The van der Waals surface area contributed by atoms with E-state index in [1.165, 1.54) is 73.5 Å². The maximum absolute atomic E-state index is 12.2. The number of carboxylic acid groups (broad SMARTS) is 1. The number of hydrogen-bond acceptors (Lipinski definition) is 15. The van der Waals surface area contributed by atoms with Crippen LogP contribution in [0.25, 0.3) is 25.7 Å². The molecule has 1 aliphatic carbocycles. The van der Waals surface area contributed by atoms with E-state index in [1.54, 1.807) is 62.7 Å². The van der Waals surface area contributed by atoms with Gasteiger partial charge in [0.2, 0.25) is 11.6 Å². The molecule has 2 heterocycles. The van der Waals surface area contributed by atoms with E-state index in [0.717, 1.165) is 50.2 Å². The zero-order valence-corrected chi connectivity index (χ0v) is 64.8. The minimum Gasteiger partial charge on any atom is -0.481 e. The Labute approximate surface area is 615 Å². The Kier molecular flexibility index (Phi) is 30.5. The van der Waals surface area contributed by atoms with Crippen molar-refractivity contribution in [1.29, 1.82) is 0 Å². The molecule has 8 rings (SSSR count). The number of nitrogens with zero attached hydrogens (tertiary/aromatic N) is 3. The number of amides is 2. The Balaban J connectivity index is 0.000000296. The van der Waals surface area contributed by atoms with Gasteiger partial charge in [-0.25, -0.2) is 26.4 Å². The first-order chi connectivity index (χ1) is 48.5. The first-order valence-corrected chi connectivity index (χ1v) is 37.5. The third kappa shape index (κ3) is 22.4. The highest BCUT2D eigenvalue weighted by atomic mass is 35.5. The number of benzene rings is 5. The lowest BCUT2D eigenvalue weighted by atomic mass is 9.78. The number of hydrogen-bond donors (Lipinski definition) is 3. The fraction of sp³-hybridized carbons (Fsp3) is 0.462. The van der Waals surface area contributed by atoms with Gasteiger partial charge < -0.3 is 48.5 Å². The predicted octanol–water partition coefficient (Wildman–Crippen LogP) is 16.4. The van der Waals surface area contributed by atoms with Crippen LogP contribution in [0.4, 0.5) is 35.0 Å². The Morgan fingerprint density at radius 2 is 1.27 bits per heavy atom. The van der Waals surface area contributed by atoms with E-state index < -0.39 is 64.7 Å². The third-order valence-corrected chi connectivity index (χ3v) is 21.9. The fourth-order valence-electron chi connectivity index (χ4n) is 11.1. The number of ether oxygens (including phenoxy) is 5. The molecule has 0 bridgehead atoms. The summed E-state index contributed by atoms with van der Waals surface area (Å²) in [5, 5.41) is 18.6. The van der Waals surface area contributed by atoms with Gasteiger partial charge in [-0.2, -0.15) is 17.7 Å². The minimum absolute atomic E-state index is 0.000325. The van der Waals surface area contributed by atoms with Gasteiger partial charge in [0, 0.05) is 82.2 Å². The molecule has 0 spiro atoms. The monoisotopic (exact) mass is 1500 g/mol. The number of carbonyl (C=O) groups excluding carboxylic acids is 4. The van der Waals surface area contributed by atoms with Gasteiger partial charge in [0.15, 0.2) is 22.3 Å². The van der Waals surface area contributed by atoms with Crippen LogP contribution in [0.5, 0.6) is 0 Å². The van der Waals surface area contributed by atoms with Gasteiger partial charge >= 0.3 is 29.5 Å². The summed E-state index contributed by atoms with van der Waals surface area (Å²) in [5.41, 5.74) is 2.94. The van der Waals surface area contributed by atoms with Crippen molar-refractivity contribution in [2.75, 3.05) is 77.1 Å². The fourth-order valence-corrected chi connectivity index (χ4v) is 13.6. The summed E-state index contributed by atoms with van der Waals surface area (Å²) >= 11 is 6.98. The van der Waals surface area contributed by atoms with E-state index >= 15 is 0 Å². The maximum atomic E-state index is 12.2. The number of sulfonamides is 2. The highest BCUT2D eigenvalue weighted by Gasteiger charge is 2.46. The van der Waals surface area contributed by atoms with Crippen LogP contribution in [0.15, 0.2) is 161 Å². The molecule has 0 fully saturated rings. The lowest BCUT2D eigenvalue weighted by Crippen LogP contribution is -2.31. The Hall–Kier alpha value is -8.20. The van der Waals surface area contributed by atoms with Crippen molar-refractivity contribution in [2.45, 2.75) is 156 Å². The zero-order chi connectivity index (χ0) is 78.0. The van der Waals surface area contributed by atoms with E-state index in [9.17, 15) is 54.0 Å². The van der Waals surface area contributed by atoms with Crippen LogP contribution in [-0.2, 0) is 73.7 Å². The summed E-state index contributed by atoms with van der Waals surface area (Å²) in [7, 11) is -7.71. The van der Waals surface area contributed by atoms with E-state index in [2.05, 4.69) is 158 Å². The molecule has 0 saturated carbocycles. The second-order valence-corrected chi connectivity index (χ2v) is 32.3. The van der Waals surface area contributed by atoms with E-state index in [-0.39, 0.29) is 60.1 Å². The maximum Gasteiger partial charge on any atom is 0.480 e. The number of carbonyl (C=O) groups is 5. The number of carboxylic acids is 1. The minimum atomic E-state index is -6.19. The summed E-state index contributed by atoms with van der Waals surface area (Å²) in [6, 6.07) is 30.4. The van der Waals surface area contributed by atoms with Gasteiger partial charge in [-0.05, 0) is 161 Å². The SMILES string of the molecule is C=C(C)C(=O)OCCNC(=O)OCCOC(=O)C(C)(C)CC.CCC(C)(C)C(=O)Nc1ccc(S(=O)(=O)[N-]S(=O)(=O)C(F)(F)F)cc1.CCC(C)(C)C(=O)O.COCCN1/C(=C\C=C2C=C(/C=C/C3=[N+](CCOC)c4ccc5ccccc5c4C3(C)C)CC(Cl)C\2)C(C)(C)c2c1ccc1ccccc21. The highest BCUT2D eigenvalue weighted by molar-refractivity contribution is 8.12. The van der Waals surface area contributed by atoms with Crippen LogP contribution in [-0.4, -0.2) is 140 Å². The van der Waals surface area contributed by atoms with Crippen LogP contribution in [0.3, 0.4) is 0 Å². The van der Waals surface area contributed by atoms with Crippen LogP contribution in [0.1, 0.15) is 140 Å². The lowest BCUT2D eigenvalue weighted by molar-refractivity contribution is -0.441. The zero-order valence-electron chi connectivity index (χ0n) is 62.4. The quantitative estimate of drug-likeness (QED) is 0.0116. The normalized spacial score (nSPS) is 16.4. The number of halogens is 4. The molecule has 568 valence electrons. The average molecular weight is 1510 g/mol. The molecule has 0 radical (unpaired) electrons. The number of aliphatic carboxylic acids is 1. The summed E-state index contributed by atoms with van der Waals surface area (Å²) < 4.78 is 112. The van der Waals surface area contributed by atoms with Crippen molar-refractivity contribution >= 4 is 106 Å². The standard InChI is InChI=1S/C44H48ClN2O2.C15H25NO6.C13H16F3N2O5S2.C6H12O2/c1-43(2)39(46(23-25-48-5)37-19-17-32-11-7-9-13-35(32)41(37)43)21-15-30-27-31(29-34(45)28-30)16-22-40-44(3,4)42-36-14-10-8-12-33(36)18-20-38(42)47(40)24-26-49-6;1-6-15(4,5)13(18)21-9-10-22-14(19)16-7-8-20-12(17)11(2)3;1-4-12(2,3)11(19)17-9-5-7-10(8-6-9)24(20,21)18-25(22,23)13(14,15)16;1-4-6(2,3)5(7)8/h7-22,27,34H,23-26,28-29H2,1-6H3;2,6-10H2,1,3-5H3,(H,16,19);5-8H,4H2,1-3H3,(H,17,19);4H2,1-3H3,(H,7,8)/q+1;;-1;. The molecule has 5 aromatic rings. The number of alkyl halides is 4. The molecule has 1 unspecified atom stereocenters. The number of esters is 2. The molecule has 3 N–H and O–H groups in total. The average Bonchev–Trinajstić information content (AvgIpc) is 1.57. The predicted molar refractivity (Wildman–Crippen MR) is 404 cm³/mol. The second-order valence-electron chi connectivity index (χ2n) is 28.2. The van der Waals surface area contributed by atoms with Crippen LogP contribution in [0, 0.1) is 16.2 Å². The number of alkyl carbamates (subject to hydrolysis) is 1. The number of rotatable bonds is 26. The molecule has 1 atom stereocenters. The van der Waals surface area contributed by atoms with Crippen molar-refractivity contribution in [3.8, 4) is 0 Å². The molecule has 2 aliphatic heterocycles.